The molecule has 0 aromatic heterocycles. The van der Waals surface area contributed by atoms with Crippen molar-refractivity contribution in [2.24, 2.45) is 5.92 Å². The van der Waals surface area contributed by atoms with Crippen molar-refractivity contribution in [3.8, 4) is 0 Å². The van der Waals surface area contributed by atoms with Gasteiger partial charge in [0.05, 0.1) is 5.75 Å². The van der Waals surface area contributed by atoms with Gasteiger partial charge in [-0.2, -0.15) is 8.42 Å². The molecule has 1 N–H and O–H groups in total. The van der Waals surface area contributed by atoms with Crippen molar-refractivity contribution in [2.45, 2.75) is 38.5 Å². The number of Topliss-reactive ketones (excluding diaryl/α,β-unsaturated/α-hetero) is 1. The summed E-state index contributed by atoms with van der Waals surface area (Å²) in [6.07, 6.45) is 5.00. The Labute approximate surface area is 84.4 Å². The Morgan fingerprint density at radius 2 is 1.79 bits per heavy atom. The van der Waals surface area contributed by atoms with Crippen LogP contribution < -0.4 is 0 Å². The minimum atomic E-state index is -3.98. The molecule has 0 bridgehead atoms. The van der Waals surface area contributed by atoms with Crippen molar-refractivity contribution in [1.82, 2.24) is 0 Å². The van der Waals surface area contributed by atoms with E-state index in [1.807, 2.05) is 0 Å². The van der Waals surface area contributed by atoms with E-state index in [0.717, 1.165) is 25.7 Å². The average Bonchev–Trinajstić information content (AvgIpc) is 2.14. The van der Waals surface area contributed by atoms with E-state index < -0.39 is 15.9 Å². The maximum Gasteiger partial charge on any atom is 0.265 e. The number of carbonyl (C=O) groups excluding carboxylic acids is 1. The second-order valence-corrected chi connectivity index (χ2v) is 5.41. The molecule has 0 unspecified atom stereocenters. The number of ketones is 1. The Balaban J connectivity index is 2.34. The summed E-state index contributed by atoms with van der Waals surface area (Å²) in [4.78, 5) is 11.5. The maximum absolute atomic E-state index is 11.5. The number of hydrogen-bond acceptors (Lipinski definition) is 3. The van der Waals surface area contributed by atoms with Crippen LogP contribution in [0.1, 0.15) is 38.5 Å². The van der Waals surface area contributed by atoms with Gasteiger partial charge in [0.25, 0.3) is 10.1 Å². The van der Waals surface area contributed by atoms with E-state index in [2.05, 4.69) is 0 Å². The lowest BCUT2D eigenvalue weighted by Gasteiger charge is -2.19. The van der Waals surface area contributed by atoms with Crippen molar-refractivity contribution in [2.75, 3.05) is 5.75 Å². The molecule has 1 aliphatic carbocycles. The largest absolute Gasteiger partial charge is 0.299 e. The number of carbonyl (C=O) groups is 1. The highest BCUT2D eigenvalue weighted by molar-refractivity contribution is 7.85. The van der Waals surface area contributed by atoms with Gasteiger partial charge in [-0.05, 0) is 12.8 Å². The molecule has 0 heterocycles. The second-order valence-electron chi connectivity index (χ2n) is 3.84. The van der Waals surface area contributed by atoms with Crippen LogP contribution in [0.4, 0.5) is 0 Å². The van der Waals surface area contributed by atoms with E-state index in [4.69, 9.17) is 4.55 Å². The minimum Gasteiger partial charge on any atom is -0.299 e. The SMILES string of the molecule is O=C(CCS(=O)(=O)O)C1CCCCC1. The quantitative estimate of drug-likeness (QED) is 0.727. The van der Waals surface area contributed by atoms with Crippen LogP contribution in [0.2, 0.25) is 0 Å². The molecule has 0 aromatic carbocycles. The summed E-state index contributed by atoms with van der Waals surface area (Å²) in [7, 11) is -3.98. The zero-order valence-corrected chi connectivity index (χ0v) is 8.92. The number of hydrogen-bond donors (Lipinski definition) is 1. The summed E-state index contributed by atoms with van der Waals surface area (Å²) in [5, 5.41) is 0. The smallest absolute Gasteiger partial charge is 0.265 e. The van der Waals surface area contributed by atoms with Crippen LogP contribution >= 0.6 is 0 Å². The molecule has 0 saturated heterocycles. The Morgan fingerprint density at radius 3 is 2.29 bits per heavy atom. The van der Waals surface area contributed by atoms with E-state index in [9.17, 15) is 13.2 Å². The van der Waals surface area contributed by atoms with Gasteiger partial charge in [-0.3, -0.25) is 9.35 Å². The number of rotatable bonds is 4. The molecule has 0 radical (unpaired) electrons. The molecule has 4 nitrogen and oxygen atoms in total. The predicted molar refractivity (Wildman–Crippen MR) is 52.6 cm³/mol. The summed E-state index contributed by atoms with van der Waals surface area (Å²) in [6.45, 7) is 0. The van der Waals surface area contributed by atoms with Gasteiger partial charge < -0.3 is 0 Å². The fourth-order valence-electron chi connectivity index (χ4n) is 1.86. The molecule has 1 saturated carbocycles. The Kier molecular flexibility index (Phi) is 4.07. The van der Waals surface area contributed by atoms with E-state index in [-0.39, 0.29) is 18.1 Å². The topological polar surface area (TPSA) is 71.4 Å². The molecule has 5 heteroatoms. The first-order valence-corrected chi connectivity index (χ1v) is 6.58. The van der Waals surface area contributed by atoms with Gasteiger partial charge in [0.1, 0.15) is 5.78 Å². The van der Waals surface area contributed by atoms with Crippen molar-refractivity contribution in [3.05, 3.63) is 0 Å². The lowest BCUT2D eigenvalue weighted by molar-refractivity contribution is -0.123. The zero-order valence-electron chi connectivity index (χ0n) is 8.11. The van der Waals surface area contributed by atoms with Gasteiger partial charge in [-0.25, -0.2) is 0 Å². The Hall–Kier alpha value is -0.420. The monoisotopic (exact) mass is 220 g/mol. The molecule has 0 aliphatic heterocycles. The minimum absolute atomic E-state index is 0.0117. The first-order chi connectivity index (χ1) is 6.49. The molecule has 0 atom stereocenters. The highest BCUT2D eigenvalue weighted by Gasteiger charge is 2.21. The van der Waals surface area contributed by atoms with Crippen molar-refractivity contribution >= 4 is 15.9 Å². The summed E-state index contributed by atoms with van der Waals surface area (Å²) >= 11 is 0. The summed E-state index contributed by atoms with van der Waals surface area (Å²) in [5.74, 6) is -0.407. The first kappa shape index (κ1) is 11.7. The van der Waals surface area contributed by atoms with Crippen molar-refractivity contribution in [3.63, 3.8) is 0 Å². The zero-order chi connectivity index (χ0) is 10.6. The van der Waals surface area contributed by atoms with E-state index >= 15 is 0 Å². The normalized spacial score (nSPS) is 19.5. The van der Waals surface area contributed by atoms with Crippen LogP contribution in [0.25, 0.3) is 0 Å². The third kappa shape index (κ3) is 4.19. The van der Waals surface area contributed by atoms with Gasteiger partial charge >= 0.3 is 0 Å². The van der Waals surface area contributed by atoms with E-state index in [1.54, 1.807) is 0 Å². The molecular weight excluding hydrogens is 204 g/mol. The lowest BCUT2D eigenvalue weighted by Crippen LogP contribution is -2.20. The van der Waals surface area contributed by atoms with Crippen LogP contribution in [-0.2, 0) is 14.9 Å². The molecule has 0 aromatic rings. The molecule has 0 amide bonds. The van der Waals surface area contributed by atoms with Crippen molar-refractivity contribution in [1.29, 1.82) is 0 Å². The molecule has 1 fully saturated rings. The summed E-state index contributed by atoms with van der Waals surface area (Å²) in [5.41, 5.74) is 0. The molecule has 14 heavy (non-hydrogen) atoms. The Bertz CT molecular complexity index is 288. The van der Waals surface area contributed by atoms with Gasteiger partial charge in [-0.15, -0.1) is 0 Å². The molecule has 1 rings (SSSR count). The van der Waals surface area contributed by atoms with Crippen molar-refractivity contribution < 1.29 is 17.8 Å². The van der Waals surface area contributed by atoms with Gasteiger partial charge in [0, 0.05) is 12.3 Å². The van der Waals surface area contributed by atoms with Crippen LogP contribution in [0.3, 0.4) is 0 Å². The third-order valence-electron chi connectivity index (χ3n) is 2.67. The third-order valence-corrected chi connectivity index (χ3v) is 3.39. The maximum atomic E-state index is 11.5. The Morgan fingerprint density at radius 1 is 1.21 bits per heavy atom. The lowest BCUT2D eigenvalue weighted by atomic mass is 9.85. The van der Waals surface area contributed by atoms with Gasteiger partial charge in [0.2, 0.25) is 0 Å². The predicted octanol–water partition coefficient (Wildman–Crippen LogP) is 1.41. The second kappa shape index (κ2) is 4.89. The molecule has 82 valence electrons. The van der Waals surface area contributed by atoms with E-state index in [1.165, 1.54) is 6.42 Å². The summed E-state index contributed by atoms with van der Waals surface area (Å²) in [6, 6.07) is 0. The highest BCUT2D eigenvalue weighted by atomic mass is 32.2. The molecular formula is C9H16O4S. The van der Waals surface area contributed by atoms with Gasteiger partial charge in [-0.1, -0.05) is 19.3 Å². The van der Waals surface area contributed by atoms with Crippen LogP contribution in [0.15, 0.2) is 0 Å². The molecule has 0 spiro atoms. The van der Waals surface area contributed by atoms with Crippen LogP contribution in [-0.4, -0.2) is 24.5 Å². The van der Waals surface area contributed by atoms with Crippen LogP contribution in [0.5, 0.6) is 0 Å². The fraction of sp³-hybridized carbons (Fsp3) is 0.889. The van der Waals surface area contributed by atoms with E-state index in [0.29, 0.717) is 0 Å². The fourth-order valence-corrected chi connectivity index (χ4v) is 2.32. The van der Waals surface area contributed by atoms with Gasteiger partial charge in [0.15, 0.2) is 0 Å². The first-order valence-electron chi connectivity index (χ1n) is 4.97. The highest BCUT2D eigenvalue weighted by Crippen LogP contribution is 2.25. The van der Waals surface area contributed by atoms with Crippen LogP contribution in [0, 0.1) is 5.92 Å². The standard InChI is InChI=1S/C9H16O4S/c10-9(6-7-14(11,12)13)8-4-2-1-3-5-8/h8H,1-7H2,(H,11,12,13). The summed E-state index contributed by atoms with van der Waals surface area (Å²) < 4.78 is 29.3. The molecule has 1 aliphatic rings. The average molecular weight is 220 g/mol.